The molecular weight excluding hydrogens is 262 g/mol. The Bertz CT molecular complexity index is 594. The Labute approximate surface area is 117 Å². The summed E-state index contributed by atoms with van der Waals surface area (Å²) in [5, 5.41) is 8.12. The van der Waals surface area contributed by atoms with Crippen LogP contribution in [-0.2, 0) is 4.74 Å². The molecule has 0 spiro atoms. The molecule has 2 aromatic rings. The summed E-state index contributed by atoms with van der Waals surface area (Å²) in [5.41, 5.74) is 1.78. The number of aryl methyl sites for hydroxylation is 1. The lowest BCUT2D eigenvalue weighted by molar-refractivity contribution is 0.401. The highest BCUT2D eigenvalue weighted by molar-refractivity contribution is 6.32. The van der Waals surface area contributed by atoms with Crippen LogP contribution in [0, 0.1) is 12.3 Å². The van der Waals surface area contributed by atoms with E-state index >= 15 is 0 Å². The first kappa shape index (κ1) is 13.4. The zero-order chi connectivity index (χ0) is 13.8. The quantitative estimate of drug-likeness (QED) is 0.666. The predicted octanol–water partition coefficient (Wildman–Crippen LogP) is 4.41. The Balaban J connectivity index is 2.19. The number of ether oxygens (including phenoxy) is 2. The van der Waals surface area contributed by atoms with Crippen molar-refractivity contribution in [1.82, 2.24) is 0 Å². The normalized spacial score (nSPS) is 10.1. The van der Waals surface area contributed by atoms with Crippen molar-refractivity contribution in [1.29, 1.82) is 5.41 Å². The summed E-state index contributed by atoms with van der Waals surface area (Å²) >= 11 is 6.07. The summed E-state index contributed by atoms with van der Waals surface area (Å²) < 4.78 is 10.6. The van der Waals surface area contributed by atoms with Crippen molar-refractivity contribution in [2.24, 2.45) is 0 Å². The van der Waals surface area contributed by atoms with E-state index in [1.165, 1.54) is 7.11 Å². The van der Waals surface area contributed by atoms with E-state index in [0.717, 1.165) is 5.56 Å². The average Bonchev–Trinajstić information content (AvgIpc) is 2.43. The van der Waals surface area contributed by atoms with Gasteiger partial charge in [-0.2, -0.15) is 0 Å². The maximum atomic E-state index is 7.55. The van der Waals surface area contributed by atoms with Gasteiger partial charge in [-0.3, -0.25) is 5.41 Å². The molecule has 0 aliphatic carbocycles. The molecule has 0 atom stereocenters. The fraction of sp³-hybridized carbons (Fsp3) is 0.133. The van der Waals surface area contributed by atoms with Crippen LogP contribution < -0.4 is 4.74 Å². The molecule has 0 radical (unpaired) electrons. The third-order valence-electron chi connectivity index (χ3n) is 2.64. The van der Waals surface area contributed by atoms with Crippen LogP contribution in [0.4, 0.5) is 0 Å². The van der Waals surface area contributed by atoms with Gasteiger partial charge in [0.1, 0.15) is 11.5 Å². The van der Waals surface area contributed by atoms with Crippen molar-refractivity contribution >= 4 is 17.5 Å². The second-order valence-electron chi connectivity index (χ2n) is 4.09. The van der Waals surface area contributed by atoms with Crippen molar-refractivity contribution in [3.63, 3.8) is 0 Å². The van der Waals surface area contributed by atoms with E-state index in [0.29, 0.717) is 22.1 Å². The summed E-state index contributed by atoms with van der Waals surface area (Å²) in [5.74, 6) is 1.41. The smallest absolute Gasteiger partial charge is 0.212 e. The molecule has 4 heteroatoms. The Morgan fingerprint density at radius 2 is 1.79 bits per heavy atom. The molecule has 0 saturated heterocycles. The van der Waals surface area contributed by atoms with Gasteiger partial charge >= 0.3 is 0 Å². The fourth-order valence-corrected chi connectivity index (χ4v) is 1.76. The molecule has 0 saturated carbocycles. The van der Waals surface area contributed by atoms with E-state index in [1.54, 1.807) is 30.3 Å². The summed E-state index contributed by atoms with van der Waals surface area (Å²) in [6.45, 7) is 1.98. The van der Waals surface area contributed by atoms with E-state index < -0.39 is 0 Å². The number of hydrogen-bond donors (Lipinski definition) is 1. The molecule has 0 aromatic heterocycles. The van der Waals surface area contributed by atoms with E-state index in [2.05, 4.69) is 0 Å². The second-order valence-corrected chi connectivity index (χ2v) is 4.50. The van der Waals surface area contributed by atoms with Gasteiger partial charge in [-0.25, -0.2) is 0 Å². The molecule has 3 nitrogen and oxygen atoms in total. The van der Waals surface area contributed by atoms with Crippen LogP contribution in [0.25, 0.3) is 0 Å². The van der Waals surface area contributed by atoms with Gasteiger partial charge in [-0.15, -0.1) is 0 Å². The Kier molecular flexibility index (Phi) is 4.07. The van der Waals surface area contributed by atoms with Crippen LogP contribution in [0.5, 0.6) is 11.5 Å². The van der Waals surface area contributed by atoms with Gasteiger partial charge < -0.3 is 9.47 Å². The molecule has 0 heterocycles. The summed E-state index contributed by atoms with van der Waals surface area (Å²) in [7, 11) is 1.47. The minimum atomic E-state index is 0.125. The number of halogens is 1. The monoisotopic (exact) mass is 275 g/mol. The third-order valence-corrected chi connectivity index (χ3v) is 2.95. The highest BCUT2D eigenvalue weighted by Gasteiger charge is 2.05. The molecule has 0 aliphatic rings. The topological polar surface area (TPSA) is 42.3 Å². The number of methoxy groups -OCH3 is 1. The van der Waals surface area contributed by atoms with Crippen molar-refractivity contribution in [3.05, 3.63) is 58.6 Å². The van der Waals surface area contributed by atoms with Crippen LogP contribution in [0.2, 0.25) is 5.02 Å². The van der Waals surface area contributed by atoms with E-state index in [-0.39, 0.29) is 5.90 Å². The maximum Gasteiger partial charge on any atom is 0.212 e. The molecule has 19 heavy (non-hydrogen) atoms. The molecule has 2 aromatic carbocycles. The highest BCUT2D eigenvalue weighted by Crippen LogP contribution is 2.30. The number of nitrogens with one attached hydrogen (secondary N) is 1. The van der Waals surface area contributed by atoms with Gasteiger partial charge in [-0.1, -0.05) is 17.7 Å². The molecule has 0 fully saturated rings. The van der Waals surface area contributed by atoms with Crippen molar-refractivity contribution < 1.29 is 9.47 Å². The van der Waals surface area contributed by atoms with Crippen LogP contribution in [0.3, 0.4) is 0 Å². The second kappa shape index (κ2) is 5.76. The van der Waals surface area contributed by atoms with Gasteiger partial charge in [0.2, 0.25) is 5.90 Å². The standard InChI is InChI=1S/C15H14ClNO2/c1-10-3-8-13(16)14(9-10)19-12-6-4-11(5-7-12)15(17)18-2/h3-9,17H,1-2H3. The van der Waals surface area contributed by atoms with Gasteiger partial charge in [-0.05, 0) is 48.9 Å². The molecule has 0 aliphatic heterocycles. The maximum absolute atomic E-state index is 7.55. The Morgan fingerprint density at radius 1 is 1.11 bits per heavy atom. The van der Waals surface area contributed by atoms with Crippen LogP contribution in [0.1, 0.15) is 11.1 Å². The lowest BCUT2D eigenvalue weighted by Crippen LogP contribution is -2.00. The molecule has 2 rings (SSSR count). The number of hydrogen-bond acceptors (Lipinski definition) is 3. The lowest BCUT2D eigenvalue weighted by atomic mass is 10.2. The first-order valence-corrected chi connectivity index (χ1v) is 6.15. The largest absolute Gasteiger partial charge is 0.481 e. The minimum absolute atomic E-state index is 0.125. The van der Waals surface area contributed by atoms with E-state index in [9.17, 15) is 0 Å². The van der Waals surface area contributed by atoms with Crippen LogP contribution >= 0.6 is 11.6 Å². The number of benzene rings is 2. The summed E-state index contributed by atoms with van der Waals surface area (Å²) in [6.07, 6.45) is 0. The first-order valence-electron chi connectivity index (χ1n) is 5.77. The van der Waals surface area contributed by atoms with Gasteiger partial charge in [0.25, 0.3) is 0 Å². The Hall–Kier alpha value is -2.00. The molecule has 0 bridgehead atoms. The Morgan fingerprint density at radius 3 is 2.42 bits per heavy atom. The van der Waals surface area contributed by atoms with Crippen LogP contribution in [0.15, 0.2) is 42.5 Å². The summed E-state index contributed by atoms with van der Waals surface area (Å²) in [4.78, 5) is 0. The van der Waals surface area contributed by atoms with Crippen LogP contribution in [-0.4, -0.2) is 13.0 Å². The minimum Gasteiger partial charge on any atom is -0.481 e. The SMILES string of the molecule is COC(=N)c1ccc(Oc2cc(C)ccc2Cl)cc1. The van der Waals surface area contributed by atoms with E-state index in [4.69, 9.17) is 26.5 Å². The average molecular weight is 276 g/mol. The molecule has 1 N–H and O–H groups in total. The summed E-state index contributed by atoms with van der Waals surface area (Å²) in [6, 6.07) is 12.7. The first-order chi connectivity index (χ1) is 9.10. The zero-order valence-corrected chi connectivity index (χ0v) is 11.5. The van der Waals surface area contributed by atoms with E-state index in [1.807, 2.05) is 19.1 Å². The van der Waals surface area contributed by atoms with Gasteiger partial charge in [0.15, 0.2) is 0 Å². The van der Waals surface area contributed by atoms with Crippen molar-refractivity contribution in [2.45, 2.75) is 6.92 Å². The zero-order valence-electron chi connectivity index (χ0n) is 10.7. The van der Waals surface area contributed by atoms with Gasteiger partial charge in [0.05, 0.1) is 12.1 Å². The van der Waals surface area contributed by atoms with Crippen molar-refractivity contribution in [3.8, 4) is 11.5 Å². The third kappa shape index (κ3) is 3.26. The van der Waals surface area contributed by atoms with Gasteiger partial charge in [0, 0.05) is 5.56 Å². The predicted molar refractivity (Wildman–Crippen MR) is 76.5 cm³/mol. The molecule has 0 amide bonds. The van der Waals surface area contributed by atoms with Crippen molar-refractivity contribution in [2.75, 3.05) is 7.11 Å². The lowest BCUT2D eigenvalue weighted by Gasteiger charge is -2.09. The highest BCUT2D eigenvalue weighted by atomic mass is 35.5. The fourth-order valence-electron chi connectivity index (χ4n) is 1.61. The number of rotatable bonds is 3. The molecule has 0 unspecified atom stereocenters. The molecule has 98 valence electrons. The molecular formula is C15H14ClNO2.